The fraction of sp³-hybridized carbons (Fsp3) is 0.333. The summed E-state index contributed by atoms with van der Waals surface area (Å²) in [6, 6.07) is 0. The van der Waals surface area contributed by atoms with Crippen molar-refractivity contribution in [1.82, 2.24) is 0 Å². The van der Waals surface area contributed by atoms with Gasteiger partial charge in [0.05, 0.1) is 0 Å². The van der Waals surface area contributed by atoms with Crippen LogP contribution >= 0.6 is 0 Å². The molecule has 0 atom stereocenters. The van der Waals surface area contributed by atoms with E-state index in [-0.39, 0.29) is 0 Å². The maximum Gasteiger partial charge on any atom is 0.296 e. The molecular weight excluding hydrogens is 84.0 g/mol. The molecule has 0 saturated heterocycles. The molecule has 0 saturated carbocycles. The minimum Gasteiger partial charge on any atom is -0.340 e. The minimum absolute atomic E-state index is 0.604. The molecule has 0 aromatic carbocycles. The molecule has 0 aromatic rings. The van der Waals surface area contributed by atoms with Gasteiger partial charge in [0.2, 0.25) is 0 Å². The second-order valence-corrected chi connectivity index (χ2v) is 0.891. The van der Waals surface area contributed by atoms with E-state index < -0.39 is 5.97 Å². The third kappa shape index (κ3) is 3.62. The van der Waals surface area contributed by atoms with Crippen LogP contribution in [0.25, 0.3) is 0 Å². The van der Waals surface area contributed by atoms with E-state index in [1.165, 1.54) is 0 Å². The van der Waals surface area contributed by atoms with Gasteiger partial charge in [-0.2, -0.15) is 0 Å². The van der Waals surface area contributed by atoms with Crippen molar-refractivity contribution in [2.45, 2.75) is 5.97 Å². The van der Waals surface area contributed by atoms with Crippen molar-refractivity contribution in [1.29, 1.82) is 0 Å². The second-order valence-electron chi connectivity index (χ2n) is 0.891. The van der Waals surface area contributed by atoms with Gasteiger partial charge in [0.25, 0.3) is 5.97 Å². The maximum atomic E-state index is 7.82. The van der Waals surface area contributed by atoms with Crippen molar-refractivity contribution >= 4 is 0 Å². The predicted molar refractivity (Wildman–Crippen MR) is 19.6 cm³/mol. The molecule has 0 rings (SSSR count). The van der Waals surface area contributed by atoms with Gasteiger partial charge in [-0.3, -0.25) is 0 Å². The van der Waals surface area contributed by atoms with E-state index in [4.69, 9.17) is 15.3 Å². The Kier molecular flexibility index (Phi) is 1.29. The largest absolute Gasteiger partial charge is 0.340 e. The van der Waals surface area contributed by atoms with Crippen LogP contribution in [0, 0.1) is 0 Å². The standard InChI is InChI=1S/C3H6O3/c1-2-3(4,5)6/h2,4-6H,1H2. The molecular formula is C3H6O3. The third-order valence-electron chi connectivity index (χ3n) is 0.274. The van der Waals surface area contributed by atoms with E-state index in [0.717, 1.165) is 0 Å². The SMILES string of the molecule is C=CC(O)(O)O. The Morgan fingerprint density at radius 1 is 1.33 bits per heavy atom. The van der Waals surface area contributed by atoms with E-state index in [1.54, 1.807) is 0 Å². The summed E-state index contributed by atoms with van der Waals surface area (Å²) in [7, 11) is 0. The van der Waals surface area contributed by atoms with Gasteiger partial charge < -0.3 is 15.3 Å². The van der Waals surface area contributed by atoms with Crippen LogP contribution in [0.3, 0.4) is 0 Å². The van der Waals surface area contributed by atoms with Crippen LogP contribution in [-0.4, -0.2) is 21.3 Å². The summed E-state index contributed by atoms with van der Waals surface area (Å²) in [5.41, 5.74) is 0. The normalized spacial score (nSPS) is 11.2. The molecule has 3 N–H and O–H groups in total. The lowest BCUT2D eigenvalue weighted by Gasteiger charge is -2.03. The number of rotatable bonds is 1. The van der Waals surface area contributed by atoms with Crippen molar-refractivity contribution < 1.29 is 15.3 Å². The second kappa shape index (κ2) is 1.38. The van der Waals surface area contributed by atoms with Crippen LogP contribution in [0.2, 0.25) is 0 Å². The molecule has 0 unspecified atom stereocenters. The molecule has 0 aliphatic rings. The van der Waals surface area contributed by atoms with Crippen molar-refractivity contribution in [3.63, 3.8) is 0 Å². The fourth-order valence-electron chi connectivity index (χ4n) is 0. The van der Waals surface area contributed by atoms with Gasteiger partial charge in [-0.15, -0.1) is 0 Å². The quantitative estimate of drug-likeness (QED) is 0.280. The molecule has 0 amide bonds. The summed E-state index contributed by atoms with van der Waals surface area (Å²) in [5.74, 6) is -2.69. The zero-order chi connectivity index (χ0) is 5.21. The van der Waals surface area contributed by atoms with E-state index in [2.05, 4.69) is 6.58 Å². The Labute approximate surface area is 35.2 Å². The minimum atomic E-state index is -2.69. The number of hydrogen-bond donors (Lipinski definition) is 3. The maximum absolute atomic E-state index is 7.82. The lowest BCUT2D eigenvalue weighted by Crippen LogP contribution is -2.22. The van der Waals surface area contributed by atoms with Gasteiger partial charge in [0.15, 0.2) is 0 Å². The van der Waals surface area contributed by atoms with Crippen molar-refractivity contribution in [3.8, 4) is 0 Å². The molecule has 6 heavy (non-hydrogen) atoms. The fourth-order valence-corrected chi connectivity index (χ4v) is 0. The van der Waals surface area contributed by atoms with Crippen LogP contribution in [0.5, 0.6) is 0 Å². The summed E-state index contributed by atoms with van der Waals surface area (Å²) in [5, 5.41) is 23.5. The molecule has 36 valence electrons. The summed E-state index contributed by atoms with van der Waals surface area (Å²) in [4.78, 5) is 0. The Balaban J connectivity index is 3.45. The van der Waals surface area contributed by atoms with Crippen LogP contribution < -0.4 is 0 Å². The Morgan fingerprint density at radius 3 is 1.50 bits per heavy atom. The monoisotopic (exact) mass is 90.0 g/mol. The molecule has 0 bridgehead atoms. The van der Waals surface area contributed by atoms with Gasteiger partial charge in [-0.25, -0.2) is 0 Å². The number of aliphatic hydroxyl groups is 3. The summed E-state index contributed by atoms with van der Waals surface area (Å²) in [6.07, 6.45) is 0.604. The average molecular weight is 90.1 g/mol. The van der Waals surface area contributed by atoms with E-state index >= 15 is 0 Å². The third-order valence-corrected chi connectivity index (χ3v) is 0.274. The first-order chi connectivity index (χ1) is 2.56. The highest BCUT2D eigenvalue weighted by Crippen LogP contribution is 1.88. The summed E-state index contributed by atoms with van der Waals surface area (Å²) < 4.78 is 0. The lowest BCUT2D eigenvalue weighted by molar-refractivity contribution is -0.273. The van der Waals surface area contributed by atoms with Crippen molar-refractivity contribution in [2.75, 3.05) is 0 Å². The highest BCUT2D eigenvalue weighted by molar-refractivity contribution is 4.73. The van der Waals surface area contributed by atoms with Crippen molar-refractivity contribution in [3.05, 3.63) is 12.7 Å². The van der Waals surface area contributed by atoms with Crippen LogP contribution in [0.15, 0.2) is 12.7 Å². The summed E-state index contributed by atoms with van der Waals surface area (Å²) >= 11 is 0. The van der Waals surface area contributed by atoms with Gasteiger partial charge in [-0.05, 0) is 6.08 Å². The Bertz CT molecular complexity index is 51.5. The number of hydrogen-bond acceptors (Lipinski definition) is 3. The first kappa shape index (κ1) is 5.62. The molecule has 3 nitrogen and oxygen atoms in total. The van der Waals surface area contributed by atoms with E-state index in [9.17, 15) is 0 Å². The molecule has 0 radical (unpaired) electrons. The first-order valence-corrected chi connectivity index (χ1v) is 1.37. The van der Waals surface area contributed by atoms with Crippen molar-refractivity contribution in [2.24, 2.45) is 0 Å². The molecule has 0 spiro atoms. The first-order valence-electron chi connectivity index (χ1n) is 1.37. The van der Waals surface area contributed by atoms with Crippen LogP contribution in [-0.2, 0) is 0 Å². The van der Waals surface area contributed by atoms with E-state index in [1.807, 2.05) is 0 Å². The smallest absolute Gasteiger partial charge is 0.296 e. The molecule has 0 heterocycles. The highest BCUT2D eigenvalue weighted by atomic mass is 16.7. The zero-order valence-electron chi connectivity index (χ0n) is 3.13. The highest BCUT2D eigenvalue weighted by Gasteiger charge is 2.08. The van der Waals surface area contributed by atoms with Gasteiger partial charge in [0, 0.05) is 0 Å². The molecule has 0 aliphatic heterocycles. The molecule has 0 fully saturated rings. The Morgan fingerprint density at radius 2 is 1.50 bits per heavy atom. The van der Waals surface area contributed by atoms with Crippen LogP contribution in [0.1, 0.15) is 0 Å². The zero-order valence-corrected chi connectivity index (χ0v) is 3.13. The lowest BCUT2D eigenvalue weighted by atomic mass is 10.6. The van der Waals surface area contributed by atoms with Gasteiger partial charge in [-0.1, -0.05) is 6.58 Å². The average Bonchev–Trinajstić information content (AvgIpc) is 1.35. The van der Waals surface area contributed by atoms with E-state index in [0.29, 0.717) is 6.08 Å². The molecule has 0 aliphatic carbocycles. The molecule has 0 aromatic heterocycles. The Hall–Kier alpha value is -0.380. The molecule has 3 heteroatoms. The van der Waals surface area contributed by atoms with Gasteiger partial charge >= 0.3 is 0 Å². The topological polar surface area (TPSA) is 60.7 Å². The van der Waals surface area contributed by atoms with Crippen LogP contribution in [0.4, 0.5) is 0 Å². The summed E-state index contributed by atoms with van der Waals surface area (Å²) in [6.45, 7) is 2.88. The van der Waals surface area contributed by atoms with Gasteiger partial charge in [0.1, 0.15) is 0 Å². The predicted octanol–water partition coefficient (Wildman–Crippen LogP) is -1.20.